The summed E-state index contributed by atoms with van der Waals surface area (Å²) in [4.78, 5) is 40.5. The number of fused-ring (bicyclic) bond motifs is 3. The first kappa shape index (κ1) is 24.5. The number of benzene rings is 1. The van der Waals surface area contributed by atoms with Crippen LogP contribution in [-0.4, -0.2) is 79.4 Å². The quantitative estimate of drug-likeness (QED) is 0.298. The molecule has 11 nitrogen and oxygen atoms in total. The number of phenols is 1. The van der Waals surface area contributed by atoms with E-state index in [-0.39, 0.29) is 29.7 Å². The molecule has 2 aromatic rings. The van der Waals surface area contributed by atoms with Crippen LogP contribution >= 0.6 is 0 Å². The van der Waals surface area contributed by atoms with Crippen molar-refractivity contribution in [3.05, 3.63) is 76.0 Å². The van der Waals surface area contributed by atoms with E-state index in [1.54, 1.807) is 55.6 Å². The van der Waals surface area contributed by atoms with Gasteiger partial charge >= 0.3 is 0 Å². The van der Waals surface area contributed by atoms with Crippen LogP contribution in [0.5, 0.6) is 5.75 Å². The number of nitrogens with zero attached hydrogens (tertiary/aromatic N) is 3. The van der Waals surface area contributed by atoms with Gasteiger partial charge in [-0.1, -0.05) is 0 Å². The Kier molecular flexibility index (Phi) is 5.57. The van der Waals surface area contributed by atoms with Gasteiger partial charge in [-0.2, -0.15) is 5.10 Å². The molecule has 37 heavy (non-hydrogen) atoms. The van der Waals surface area contributed by atoms with Crippen molar-refractivity contribution in [3.8, 4) is 5.75 Å². The molecule has 1 aromatic heterocycles. The molecular formula is C26H26N4O7. The zero-order chi connectivity index (χ0) is 26.8. The topological polar surface area (TPSA) is 179 Å². The smallest absolute Gasteiger partial charge is 0.255 e. The number of Topliss-reactive ketones (excluding diaryl/α,β-unsaturated/α-hetero) is 2. The van der Waals surface area contributed by atoms with Gasteiger partial charge in [0, 0.05) is 23.9 Å². The zero-order valence-electron chi connectivity index (χ0n) is 20.1. The molecule has 0 saturated heterocycles. The number of aliphatic hydroxyl groups excluding tert-OH is 2. The standard InChI is InChI=1S/C26H26N4O7/c1-29(2)20-15-10-13-9-14-12(11-28-30-7-3-4-8-30)5-6-16(31)18(14)21(32)17(13)23(34)26(15,37)24(35)19(22(20)33)25(27)36/h3-8,11,13,15,20,31,33-34,37H,9-10H2,1-2H3,(H2,27,36)/t13-,15-,20-,26-/m0/s1. The van der Waals surface area contributed by atoms with E-state index in [0.29, 0.717) is 11.1 Å². The normalized spacial score (nSPS) is 27.5. The highest BCUT2D eigenvalue weighted by Crippen LogP contribution is 2.52. The summed E-state index contributed by atoms with van der Waals surface area (Å²) >= 11 is 0. The van der Waals surface area contributed by atoms with Gasteiger partial charge < -0.3 is 26.2 Å². The minimum Gasteiger partial charge on any atom is -0.510 e. The summed E-state index contributed by atoms with van der Waals surface area (Å²) in [5.74, 6) is -6.79. The minimum absolute atomic E-state index is 0.0234. The summed E-state index contributed by atoms with van der Waals surface area (Å²) in [6, 6.07) is 5.53. The molecule has 0 aliphatic heterocycles. The van der Waals surface area contributed by atoms with E-state index in [0.717, 1.165) is 0 Å². The number of phenolic OH excluding ortho intramolecular Hbond substituents is 1. The highest BCUT2D eigenvalue weighted by atomic mass is 16.3. The molecule has 4 atom stereocenters. The Morgan fingerprint density at radius 1 is 1.19 bits per heavy atom. The second kappa shape index (κ2) is 8.43. The Morgan fingerprint density at radius 2 is 1.86 bits per heavy atom. The van der Waals surface area contributed by atoms with Crippen molar-refractivity contribution in [1.82, 2.24) is 9.58 Å². The number of carbonyl (C=O) groups is 3. The van der Waals surface area contributed by atoms with E-state index in [4.69, 9.17) is 5.73 Å². The molecule has 11 heteroatoms. The average molecular weight is 507 g/mol. The van der Waals surface area contributed by atoms with Gasteiger partial charge in [0.25, 0.3) is 5.91 Å². The van der Waals surface area contributed by atoms with Crippen LogP contribution < -0.4 is 5.73 Å². The third-order valence-corrected chi connectivity index (χ3v) is 7.56. The highest BCUT2D eigenvalue weighted by molar-refractivity contribution is 6.24. The summed E-state index contributed by atoms with van der Waals surface area (Å²) in [6.45, 7) is 0. The van der Waals surface area contributed by atoms with E-state index >= 15 is 0 Å². The second-order valence-electron chi connectivity index (χ2n) is 9.80. The van der Waals surface area contributed by atoms with Crippen molar-refractivity contribution in [1.29, 1.82) is 0 Å². The first-order valence-corrected chi connectivity index (χ1v) is 11.6. The summed E-state index contributed by atoms with van der Waals surface area (Å²) in [7, 11) is 3.17. The third kappa shape index (κ3) is 3.42. The van der Waals surface area contributed by atoms with Crippen LogP contribution in [0.25, 0.3) is 0 Å². The van der Waals surface area contributed by atoms with Gasteiger partial charge in [-0.05, 0) is 68.2 Å². The van der Waals surface area contributed by atoms with E-state index in [2.05, 4.69) is 5.10 Å². The van der Waals surface area contributed by atoms with Crippen molar-refractivity contribution in [2.24, 2.45) is 22.7 Å². The SMILES string of the molecule is CN(C)[C@@H]1C(O)=C(C(N)=O)C(=O)[C@@]2(O)C(O)=C3C(=O)c4c(O)ccc(C=Nn5cccc5)c4C[C@H]3C[C@@H]12. The predicted octanol–water partition coefficient (Wildman–Crippen LogP) is 0.804. The maximum absolute atomic E-state index is 13.7. The van der Waals surface area contributed by atoms with Gasteiger partial charge in [-0.25, -0.2) is 4.68 Å². The van der Waals surface area contributed by atoms with E-state index in [1.165, 1.54) is 11.0 Å². The van der Waals surface area contributed by atoms with Gasteiger partial charge in [0.2, 0.25) is 5.78 Å². The highest BCUT2D eigenvalue weighted by Gasteiger charge is 2.63. The van der Waals surface area contributed by atoms with Crippen LogP contribution in [0.2, 0.25) is 0 Å². The molecule has 0 saturated carbocycles. The van der Waals surface area contributed by atoms with E-state index in [1.807, 2.05) is 0 Å². The van der Waals surface area contributed by atoms with Gasteiger partial charge in [-0.15, -0.1) is 0 Å². The van der Waals surface area contributed by atoms with Crippen LogP contribution in [0.15, 0.2) is 64.4 Å². The van der Waals surface area contributed by atoms with Crippen LogP contribution in [-0.2, 0) is 16.0 Å². The molecule has 3 aliphatic rings. The largest absolute Gasteiger partial charge is 0.510 e. The number of rotatable bonds is 4. The number of carbonyl (C=O) groups excluding carboxylic acids is 3. The van der Waals surface area contributed by atoms with Crippen molar-refractivity contribution in [3.63, 3.8) is 0 Å². The lowest BCUT2D eigenvalue weighted by molar-refractivity contribution is -0.148. The first-order chi connectivity index (χ1) is 17.5. The molecule has 0 fully saturated rings. The molecule has 3 aliphatic carbocycles. The summed E-state index contributed by atoms with van der Waals surface area (Å²) in [5, 5.41) is 48.7. The predicted molar refractivity (Wildman–Crippen MR) is 131 cm³/mol. The molecule has 1 aromatic carbocycles. The fraction of sp³-hybridized carbons (Fsp3) is 0.308. The molecule has 0 radical (unpaired) electrons. The number of likely N-dealkylation sites (N-methyl/N-ethyl adjacent to an activating group) is 1. The molecule has 0 spiro atoms. The van der Waals surface area contributed by atoms with Gasteiger partial charge in [0.1, 0.15) is 22.8 Å². The number of aliphatic hydroxyl groups is 3. The van der Waals surface area contributed by atoms with Crippen molar-refractivity contribution in [2.45, 2.75) is 24.5 Å². The summed E-state index contributed by atoms with van der Waals surface area (Å²) in [6.07, 6.45) is 5.24. The Balaban J connectivity index is 1.68. The molecule has 5 rings (SSSR count). The molecule has 192 valence electrons. The summed E-state index contributed by atoms with van der Waals surface area (Å²) in [5.41, 5.74) is 2.68. The Bertz CT molecular complexity index is 1440. The van der Waals surface area contributed by atoms with Gasteiger partial charge in [0.05, 0.1) is 17.8 Å². The molecule has 0 bridgehead atoms. The molecule has 1 heterocycles. The van der Waals surface area contributed by atoms with Gasteiger partial charge in [0.15, 0.2) is 11.4 Å². The first-order valence-electron chi connectivity index (χ1n) is 11.6. The number of aromatic hydroxyl groups is 1. The number of nitrogens with two attached hydrogens (primary N) is 1. The molecular weight excluding hydrogens is 480 g/mol. The Labute approximate surface area is 211 Å². The monoisotopic (exact) mass is 506 g/mol. The van der Waals surface area contributed by atoms with Crippen LogP contribution in [0.1, 0.15) is 27.9 Å². The van der Waals surface area contributed by atoms with Crippen LogP contribution in [0.3, 0.4) is 0 Å². The number of hydrogen-bond donors (Lipinski definition) is 5. The maximum atomic E-state index is 13.7. The van der Waals surface area contributed by atoms with Crippen molar-refractivity contribution < 1.29 is 34.8 Å². The maximum Gasteiger partial charge on any atom is 0.255 e. The number of amides is 1. The minimum atomic E-state index is -2.66. The molecule has 0 unspecified atom stereocenters. The second-order valence-corrected chi connectivity index (χ2v) is 9.80. The van der Waals surface area contributed by atoms with Crippen molar-refractivity contribution in [2.75, 3.05) is 14.1 Å². The Morgan fingerprint density at radius 3 is 2.49 bits per heavy atom. The number of aromatic nitrogens is 1. The number of ketones is 2. The number of hydrogen-bond acceptors (Lipinski definition) is 9. The number of primary amides is 1. The third-order valence-electron chi connectivity index (χ3n) is 7.56. The summed E-state index contributed by atoms with van der Waals surface area (Å²) < 4.78 is 1.57. The molecule has 1 amide bonds. The van der Waals surface area contributed by atoms with Crippen molar-refractivity contribution >= 4 is 23.7 Å². The fourth-order valence-electron chi connectivity index (χ4n) is 5.93. The lowest BCUT2D eigenvalue weighted by Crippen LogP contribution is -2.63. The van der Waals surface area contributed by atoms with E-state index < -0.39 is 58.0 Å². The van der Waals surface area contributed by atoms with Crippen LogP contribution in [0.4, 0.5) is 0 Å². The molecule has 6 N–H and O–H groups in total. The number of allylic oxidation sites excluding steroid dienone is 1. The van der Waals surface area contributed by atoms with Crippen LogP contribution in [0, 0.1) is 11.8 Å². The fourth-order valence-corrected chi connectivity index (χ4v) is 5.93. The lowest BCUT2D eigenvalue weighted by atomic mass is 9.58. The lowest BCUT2D eigenvalue weighted by Gasteiger charge is -2.50. The average Bonchev–Trinajstić information content (AvgIpc) is 3.34. The van der Waals surface area contributed by atoms with E-state index in [9.17, 15) is 34.8 Å². The zero-order valence-corrected chi connectivity index (χ0v) is 20.1. The Hall–Kier alpha value is -4.22. The van der Waals surface area contributed by atoms with Gasteiger partial charge in [-0.3, -0.25) is 19.3 Å².